The fourth-order valence-corrected chi connectivity index (χ4v) is 3.26. The second-order valence-electron chi connectivity index (χ2n) is 5.46. The molecule has 23 heavy (non-hydrogen) atoms. The molecular weight excluding hydrogens is 380 g/mol. The Labute approximate surface area is 146 Å². The van der Waals surface area contributed by atoms with Gasteiger partial charge in [-0.25, -0.2) is 9.78 Å². The number of benzene rings is 1. The molecule has 2 rings (SSSR count). The highest BCUT2D eigenvalue weighted by Gasteiger charge is 2.23. The van der Waals surface area contributed by atoms with Gasteiger partial charge >= 0.3 is 5.97 Å². The molecule has 1 heterocycles. The van der Waals surface area contributed by atoms with Crippen molar-refractivity contribution in [1.82, 2.24) is 10.3 Å². The zero-order valence-corrected chi connectivity index (χ0v) is 15.1. The van der Waals surface area contributed by atoms with Crippen molar-refractivity contribution < 1.29 is 14.7 Å². The molecule has 2 N–H and O–H groups in total. The lowest BCUT2D eigenvalue weighted by atomic mass is 10.0. The summed E-state index contributed by atoms with van der Waals surface area (Å²) >= 11 is 4.87. The predicted molar refractivity (Wildman–Crippen MR) is 93.4 cm³/mol. The summed E-state index contributed by atoms with van der Waals surface area (Å²) in [7, 11) is 0. The minimum Gasteiger partial charge on any atom is -0.480 e. The maximum atomic E-state index is 12.0. The van der Waals surface area contributed by atoms with E-state index in [1.165, 1.54) is 11.3 Å². The molecule has 1 atom stereocenters. The fraction of sp³-hybridized carbons (Fsp3) is 0.312. The lowest BCUT2D eigenvalue weighted by Crippen LogP contribution is -2.44. The van der Waals surface area contributed by atoms with Gasteiger partial charge in [-0.05, 0) is 18.1 Å². The number of carbonyl (C=O) groups excluding carboxylic acids is 1. The zero-order chi connectivity index (χ0) is 17.0. The molecule has 0 spiro atoms. The Balaban J connectivity index is 2.04. The van der Waals surface area contributed by atoms with Crippen molar-refractivity contribution in [2.24, 2.45) is 5.92 Å². The number of halogens is 1. The summed E-state index contributed by atoms with van der Waals surface area (Å²) in [6.07, 6.45) is 0.0704. The molecule has 122 valence electrons. The first-order chi connectivity index (χ1) is 10.9. The topological polar surface area (TPSA) is 79.3 Å². The Hall–Kier alpha value is -1.73. The predicted octanol–water partition coefficient (Wildman–Crippen LogP) is 3.34. The molecule has 0 fully saturated rings. The highest BCUT2D eigenvalue weighted by atomic mass is 79.9. The largest absolute Gasteiger partial charge is 0.480 e. The minimum absolute atomic E-state index is 0.0704. The first kappa shape index (κ1) is 17.6. The van der Waals surface area contributed by atoms with Crippen molar-refractivity contribution in [1.29, 1.82) is 0 Å². The third-order valence-electron chi connectivity index (χ3n) is 3.21. The molecule has 2 aromatic rings. The number of hydrogen-bond acceptors (Lipinski definition) is 4. The van der Waals surface area contributed by atoms with Crippen LogP contribution in [0.25, 0.3) is 10.6 Å². The number of carbonyl (C=O) groups is 2. The van der Waals surface area contributed by atoms with Crippen LogP contribution in [0, 0.1) is 5.92 Å². The standard InChI is InChI=1S/C16H17BrN2O3S/c1-9(2)14(16(21)22)19-13(20)7-12-8-23-15(18-12)10-4-3-5-11(17)6-10/h3-6,8-9,14H,7H2,1-2H3,(H,19,20)(H,21,22)/t14-/m1/s1. The summed E-state index contributed by atoms with van der Waals surface area (Å²) in [5.74, 6) is -1.54. The SMILES string of the molecule is CC(C)[C@@H](NC(=O)Cc1csc(-c2cccc(Br)c2)n1)C(=O)O. The summed E-state index contributed by atoms with van der Waals surface area (Å²) in [5, 5.41) is 14.3. The van der Waals surface area contributed by atoms with Gasteiger partial charge in [0.25, 0.3) is 0 Å². The van der Waals surface area contributed by atoms with Crippen molar-refractivity contribution in [2.75, 3.05) is 0 Å². The van der Waals surface area contributed by atoms with Crippen molar-refractivity contribution >= 4 is 39.1 Å². The molecule has 1 aromatic carbocycles. The number of rotatable bonds is 6. The fourth-order valence-electron chi connectivity index (χ4n) is 2.04. The summed E-state index contributed by atoms with van der Waals surface area (Å²) in [4.78, 5) is 27.6. The molecule has 0 bridgehead atoms. The summed E-state index contributed by atoms with van der Waals surface area (Å²) in [6, 6.07) is 6.89. The lowest BCUT2D eigenvalue weighted by Gasteiger charge is -2.17. The highest BCUT2D eigenvalue weighted by Crippen LogP contribution is 2.26. The van der Waals surface area contributed by atoms with Crippen LogP contribution in [0.15, 0.2) is 34.1 Å². The number of carboxylic acids is 1. The van der Waals surface area contributed by atoms with Gasteiger partial charge in [-0.1, -0.05) is 41.9 Å². The van der Waals surface area contributed by atoms with E-state index in [9.17, 15) is 9.59 Å². The number of thiazole rings is 1. The normalized spacial score (nSPS) is 12.2. The number of aromatic nitrogens is 1. The average Bonchev–Trinajstić information content (AvgIpc) is 2.92. The Morgan fingerprint density at radius 3 is 2.74 bits per heavy atom. The molecule has 0 radical (unpaired) electrons. The van der Waals surface area contributed by atoms with Crippen LogP contribution in [0.2, 0.25) is 0 Å². The molecule has 0 unspecified atom stereocenters. The second kappa shape index (κ2) is 7.70. The molecule has 0 saturated heterocycles. The molecule has 0 aliphatic rings. The van der Waals surface area contributed by atoms with E-state index in [0.717, 1.165) is 15.0 Å². The van der Waals surface area contributed by atoms with Crippen LogP contribution in [0.5, 0.6) is 0 Å². The lowest BCUT2D eigenvalue weighted by molar-refractivity contribution is -0.143. The van der Waals surface area contributed by atoms with Gasteiger partial charge in [-0.3, -0.25) is 4.79 Å². The van der Waals surface area contributed by atoms with Gasteiger partial charge in [0, 0.05) is 15.4 Å². The van der Waals surface area contributed by atoms with Crippen molar-refractivity contribution in [3.05, 3.63) is 39.8 Å². The van der Waals surface area contributed by atoms with E-state index in [1.54, 1.807) is 13.8 Å². The smallest absolute Gasteiger partial charge is 0.326 e. The van der Waals surface area contributed by atoms with Gasteiger partial charge in [0.05, 0.1) is 12.1 Å². The molecule has 1 aromatic heterocycles. The molecule has 7 heteroatoms. The van der Waals surface area contributed by atoms with Crippen LogP contribution >= 0.6 is 27.3 Å². The first-order valence-corrected chi connectivity index (χ1v) is 8.76. The zero-order valence-electron chi connectivity index (χ0n) is 12.7. The van der Waals surface area contributed by atoms with E-state index in [4.69, 9.17) is 5.11 Å². The Morgan fingerprint density at radius 1 is 1.39 bits per heavy atom. The van der Waals surface area contributed by atoms with Crippen molar-refractivity contribution in [3.63, 3.8) is 0 Å². The molecule has 0 aliphatic carbocycles. The molecule has 0 aliphatic heterocycles. The number of nitrogens with zero attached hydrogens (tertiary/aromatic N) is 1. The number of nitrogens with one attached hydrogen (secondary N) is 1. The van der Waals surface area contributed by atoms with E-state index in [-0.39, 0.29) is 18.2 Å². The van der Waals surface area contributed by atoms with Gasteiger partial charge in [0.15, 0.2) is 0 Å². The van der Waals surface area contributed by atoms with E-state index < -0.39 is 12.0 Å². The second-order valence-corrected chi connectivity index (χ2v) is 7.23. The molecule has 0 saturated carbocycles. The maximum absolute atomic E-state index is 12.0. The Morgan fingerprint density at radius 2 is 2.13 bits per heavy atom. The van der Waals surface area contributed by atoms with E-state index >= 15 is 0 Å². The quantitative estimate of drug-likeness (QED) is 0.784. The summed E-state index contributed by atoms with van der Waals surface area (Å²) < 4.78 is 0.964. The van der Waals surface area contributed by atoms with Crippen LogP contribution in [0.3, 0.4) is 0 Å². The van der Waals surface area contributed by atoms with Crippen LogP contribution in [0.4, 0.5) is 0 Å². The van der Waals surface area contributed by atoms with Crippen molar-refractivity contribution in [3.8, 4) is 10.6 Å². The van der Waals surface area contributed by atoms with Crippen LogP contribution in [-0.4, -0.2) is 28.0 Å². The van der Waals surface area contributed by atoms with Gasteiger partial charge in [0.2, 0.25) is 5.91 Å². The van der Waals surface area contributed by atoms with E-state index in [1.807, 2.05) is 29.6 Å². The monoisotopic (exact) mass is 396 g/mol. The van der Waals surface area contributed by atoms with Crippen LogP contribution < -0.4 is 5.32 Å². The molecule has 1 amide bonds. The summed E-state index contributed by atoms with van der Waals surface area (Å²) in [6.45, 7) is 3.51. The number of carboxylic acid groups (broad SMARTS) is 1. The van der Waals surface area contributed by atoms with Crippen molar-refractivity contribution in [2.45, 2.75) is 26.3 Å². The number of aliphatic carboxylic acids is 1. The van der Waals surface area contributed by atoms with Gasteiger partial charge in [0.1, 0.15) is 11.0 Å². The Bertz CT molecular complexity index is 715. The Kier molecular flexibility index (Phi) is 5.90. The number of amides is 1. The van der Waals surface area contributed by atoms with E-state index in [0.29, 0.717) is 5.69 Å². The maximum Gasteiger partial charge on any atom is 0.326 e. The average molecular weight is 397 g/mol. The van der Waals surface area contributed by atoms with Gasteiger partial charge in [-0.15, -0.1) is 11.3 Å². The van der Waals surface area contributed by atoms with Crippen LogP contribution in [0.1, 0.15) is 19.5 Å². The molecule has 5 nitrogen and oxygen atoms in total. The van der Waals surface area contributed by atoms with E-state index in [2.05, 4.69) is 26.2 Å². The third-order valence-corrected chi connectivity index (χ3v) is 4.65. The highest BCUT2D eigenvalue weighted by molar-refractivity contribution is 9.10. The van der Waals surface area contributed by atoms with Gasteiger partial charge < -0.3 is 10.4 Å². The van der Waals surface area contributed by atoms with Crippen LogP contribution in [-0.2, 0) is 16.0 Å². The van der Waals surface area contributed by atoms with Gasteiger partial charge in [-0.2, -0.15) is 0 Å². The minimum atomic E-state index is -1.03. The first-order valence-electron chi connectivity index (χ1n) is 7.09. The summed E-state index contributed by atoms with van der Waals surface area (Å²) in [5.41, 5.74) is 1.61. The number of hydrogen-bond donors (Lipinski definition) is 2. The molecular formula is C16H17BrN2O3S. The third kappa shape index (κ3) is 4.87.